The number of aromatic nitrogens is 3. The van der Waals surface area contributed by atoms with Gasteiger partial charge in [-0.3, -0.25) is 0 Å². The Kier molecular flexibility index (Phi) is 6.29. The highest BCUT2D eigenvalue weighted by molar-refractivity contribution is 7.98. The van der Waals surface area contributed by atoms with Gasteiger partial charge in [-0.1, -0.05) is 47.6 Å². The number of benzene rings is 2. The molecule has 4 rings (SSSR count). The summed E-state index contributed by atoms with van der Waals surface area (Å²) in [5, 5.41) is 8.96. The molecule has 160 valence electrons. The van der Waals surface area contributed by atoms with Gasteiger partial charge in [0.15, 0.2) is 0 Å². The number of thioether (sulfide) groups is 1. The van der Waals surface area contributed by atoms with Crippen LogP contribution in [0.3, 0.4) is 0 Å². The van der Waals surface area contributed by atoms with Crippen LogP contribution in [0.15, 0.2) is 65.0 Å². The number of fused-ring (bicyclic) bond motifs is 1. The van der Waals surface area contributed by atoms with Crippen molar-refractivity contribution in [2.24, 2.45) is 0 Å². The van der Waals surface area contributed by atoms with Crippen LogP contribution < -0.4 is 5.32 Å². The van der Waals surface area contributed by atoms with E-state index in [9.17, 15) is 9.18 Å². The molecule has 0 fully saturated rings. The Hall–Kier alpha value is -2.84. The summed E-state index contributed by atoms with van der Waals surface area (Å²) < 4.78 is 20.1. The second kappa shape index (κ2) is 9.11. The average molecular weight is 459 g/mol. The standard InChI is InChI=1S/C22H20ClFN4O2S/c1-3-30-20(29)18-13(2)25-21-26-22(31-12-14-4-10-17(24)11-5-14)27-28(21)19(18)15-6-8-16(23)9-7-15/h4-11,19H,3,12H2,1-2H3,(H,25,26,27). The van der Waals surface area contributed by atoms with Crippen molar-refractivity contribution in [2.75, 3.05) is 11.9 Å². The van der Waals surface area contributed by atoms with Gasteiger partial charge in [0, 0.05) is 16.5 Å². The van der Waals surface area contributed by atoms with Crippen LogP contribution in [0, 0.1) is 5.82 Å². The van der Waals surface area contributed by atoms with E-state index in [1.54, 1.807) is 35.9 Å². The maximum absolute atomic E-state index is 13.1. The fraction of sp³-hybridized carbons (Fsp3) is 0.227. The summed E-state index contributed by atoms with van der Waals surface area (Å²) in [6, 6.07) is 13.1. The number of carbonyl (C=O) groups excluding carboxylic acids is 1. The van der Waals surface area contributed by atoms with E-state index in [1.807, 2.05) is 19.1 Å². The van der Waals surface area contributed by atoms with Gasteiger partial charge in [0.05, 0.1) is 12.2 Å². The first kappa shape index (κ1) is 21.4. The number of nitrogens with zero attached hydrogens (tertiary/aromatic N) is 3. The maximum atomic E-state index is 13.1. The quantitative estimate of drug-likeness (QED) is 0.403. The lowest BCUT2D eigenvalue weighted by atomic mass is 9.96. The first-order chi connectivity index (χ1) is 15.0. The van der Waals surface area contributed by atoms with Crippen molar-refractivity contribution in [3.63, 3.8) is 0 Å². The monoisotopic (exact) mass is 458 g/mol. The predicted octanol–water partition coefficient (Wildman–Crippen LogP) is 5.21. The minimum atomic E-state index is -0.500. The average Bonchev–Trinajstić information content (AvgIpc) is 3.15. The molecular weight excluding hydrogens is 439 g/mol. The van der Waals surface area contributed by atoms with Crippen LogP contribution in [0.5, 0.6) is 0 Å². The van der Waals surface area contributed by atoms with Crippen LogP contribution in [0.25, 0.3) is 0 Å². The molecule has 0 aliphatic carbocycles. The van der Waals surface area contributed by atoms with Crippen molar-refractivity contribution >= 4 is 35.3 Å². The fourth-order valence-electron chi connectivity index (χ4n) is 3.35. The molecule has 0 radical (unpaired) electrons. The van der Waals surface area contributed by atoms with E-state index in [0.717, 1.165) is 11.1 Å². The molecule has 1 N–H and O–H groups in total. The third-order valence-electron chi connectivity index (χ3n) is 4.80. The summed E-state index contributed by atoms with van der Waals surface area (Å²) in [6.45, 7) is 3.86. The van der Waals surface area contributed by atoms with Crippen molar-refractivity contribution in [3.8, 4) is 0 Å². The topological polar surface area (TPSA) is 69.0 Å². The van der Waals surface area contributed by atoms with Gasteiger partial charge in [0.1, 0.15) is 11.9 Å². The third-order valence-corrected chi connectivity index (χ3v) is 5.96. The summed E-state index contributed by atoms with van der Waals surface area (Å²) in [6.07, 6.45) is 0. The van der Waals surface area contributed by atoms with Crippen LogP contribution in [0.1, 0.15) is 31.0 Å². The van der Waals surface area contributed by atoms with E-state index in [1.165, 1.54) is 23.9 Å². The SMILES string of the molecule is CCOC(=O)C1=C(C)Nc2nc(SCc3ccc(F)cc3)nn2C1c1ccc(Cl)cc1. The number of esters is 1. The molecule has 1 aliphatic heterocycles. The van der Waals surface area contributed by atoms with Crippen molar-refractivity contribution in [1.82, 2.24) is 14.8 Å². The van der Waals surface area contributed by atoms with E-state index >= 15 is 0 Å². The molecule has 31 heavy (non-hydrogen) atoms. The van der Waals surface area contributed by atoms with Crippen LogP contribution in [0.2, 0.25) is 5.02 Å². The number of anilines is 1. The fourth-order valence-corrected chi connectivity index (χ4v) is 4.26. The smallest absolute Gasteiger partial charge is 0.338 e. The van der Waals surface area contributed by atoms with Crippen molar-refractivity contribution in [3.05, 3.63) is 81.8 Å². The van der Waals surface area contributed by atoms with E-state index in [2.05, 4.69) is 15.4 Å². The van der Waals surface area contributed by atoms with Crippen LogP contribution >= 0.6 is 23.4 Å². The summed E-state index contributed by atoms with van der Waals surface area (Å²) in [4.78, 5) is 17.4. The van der Waals surface area contributed by atoms with E-state index in [-0.39, 0.29) is 12.4 Å². The maximum Gasteiger partial charge on any atom is 0.338 e. The molecule has 0 saturated heterocycles. The Balaban J connectivity index is 1.67. The van der Waals surface area contributed by atoms with Gasteiger partial charge >= 0.3 is 5.97 Å². The van der Waals surface area contributed by atoms with Gasteiger partial charge < -0.3 is 10.1 Å². The highest BCUT2D eigenvalue weighted by Gasteiger charge is 2.35. The third kappa shape index (κ3) is 4.60. The lowest BCUT2D eigenvalue weighted by Gasteiger charge is -2.28. The summed E-state index contributed by atoms with van der Waals surface area (Å²) in [5.41, 5.74) is 2.93. The lowest BCUT2D eigenvalue weighted by Crippen LogP contribution is -2.29. The zero-order valence-corrected chi connectivity index (χ0v) is 18.5. The van der Waals surface area contributed by atoms with Crippen molar-refractivity contribution in [2.45, 2.75) is 30.8 Å². The number of hydrogen-bond donors (Lipinski definition) is 1. The number of ether oxygens (including phenoxy) is 1. The molecule has 1 aromatic heterocycles. The molecule has 2 aromatic carbocycles. The first-order valence-corrected chi connectivity index (χ1v) is 11.1. The lowest BCUT2D eigenvalue weighted by molar-refractivity contribution is -0.139. The minimum absolute atomic E-state index is 0.270. The predicted molar refractivity (Wildman–Crippen MR) is 119 cm³/mol. The highest BCUT2D eigenvalue weighted by Crippen LogP contribution is 2.37. The van der Waals surface area contributed by atoms with Gasteiger partial charge in [-0.15, -0.1) is 5.10 Å². The van der Waals surface area contributed by atoms with Crippen molar-refractivity contribution < 1.29 is 13.9 Å². The number of hydrogen-bond acceptors (Lipinski definition) is 6. The normalized spacial score (nSPS) is 15.4. The Morgan fingerprint density at radius 3 is 2.61 bits per heavy atom. The van der Waals surface area contributed by atoms with Gasteiger partial charge in [-0.25, -0.2) is 13.9 Å². The molecular formula is C22H20ClFN4O2S. The number of nitrogens with one attached hydrogen (secondary N) is 1. The zero-order chi connectivity index (χ0) is 22.0. The van der Waals surface area contributed by atoms with Gasteiger partial charge in [0.2, 0.25) is 11.1 Å². The molecule has 0 saturated carbocycles. The minimum Gasteiger partial charge on any atom is -0.463 e. The molecule has 6 nitrogen and oxygen atoms in total. The zero-order valence-electron chi connectivity index (χ0n) is 16.9. The molecule has 9 heteroatoms. The molecule has 2 heterocycles. The molecule has 1 atom stereocenters. The van der Waals surface area contributed by atoms with Crippen LogP contribution in [0.4, 0.5) is 10.3 Å². The van der Waals surface area contributed by atoms with E-state index in [0.29, 0.717) is 33.2 Å². The number of halogens is 2. The van der Waals surface area contributed by atoms with Gasteiger partial charge in [0.25, 0.3) is 0 Å². The highest BCUT2D eigenvalue weighted by atomic mass is 35.5. The number of allylic oxidation sites excluding steroid dienone is 1. The summed E-state index contributed by atoms with van der Waals surface area (Å²) in [5.74, 6) is 0.445. The Bertz CT molecular complexity index is 1130. The number of rotatable bonds is 6. The Morgan fingerprint density at radius 2 is 1.94 bits per heavy atom. The van der Waals surface area contributed by atoms with Crippen LogP contribution in [-0.4, -0.2) is 27.3 Å². The number of carbonyl (C=O) groups is 1. The van der Waals surface area contributed by atoms with Gasteiger partial charge in [-0.2, -0.15) is 4.98 Å². The largest absolute Gasteiger partial charge is 0.463 e. The first-order valence-electron chi connectivity index (χ1n) is 9.70. The van der Waals surface area contributed by atoms with Gasteiger partial charge in [-0.05, 0) is 49.2 Å². The molecule has 0 spiro atoms. The second-order valence-electron chi connectivity index (χ2n) is 6.92. The second-order valence-corrected chi connectivity index (χ2v) is 8.29. The van der Waals surface area contributed by atoms with E-state index in [4.69, 9.17) is 16.3 Å². The van der Waals surface area contributed by atoms with E-state index < -0.39 is 12.0 Å². The molecule has 0 amide bonds. The molecule has 1 unspecified atom stereocenters. The Labute approximate surface area is 188 Å². The summed E-state index contributed by atoms with van der Waals surface area (Å²) in [7, 11) is 0. The van der Waals surface area contributed by atoms with Crippen molar-refractivity contribution in [1.29, 1.82) is 0 Å². The molecule has 1 aliphatic rings. The Morgan fingerprint density at radius 1 is 1.23 bits per heavy atom. The van der Waals surface area contributed by atoms with Crippen LogP contribution in [-0.2, 0) is 15.3 Å². The molecule has 3 aromatic rings. The summed E-state index contributed by atoms with van der Waals surface area (Å²) >= 11 is 7.50. The molecule has 0 bridgehead atoms.